The molecule has 0 aromatic carbocycles. The second kappa shape index (κ2) is 10.4. The van der Waals surface area contributed by atoms with Crippen LogP contribution in [0.1, 0.15) is 131 Å². The first-order valence-corrected chi connectivity index (χ1v) is 15.0. The van der Waals surface area contributed by atoms with Crippen molar-refractivity contribution in [2.75, 3.05) is 0 Å². The Labute approximate surface area is 206 Å². The van der Waals surface area contributed by atoms with Crippen LogP contribution in [0.3, 0.4) is 0 Å². The van der Waals surface area contributed by atoms with Gasteiger partial charge in [-0.1, -0.05) is 91.7 Å². The van der Waals surface area contributed by atoms with Crippen LogP contribution in [0.25, 0.3) is 0 Å². The van der Waals surface area contributed by atoms with Gasteiger partial charge < -0.3 is 5.11 Å². The van der Waals surface area contributed by atoms with Crippen LogP contribution in [0.4, 0.5) is 0 Å². The van der Waals surface area contributed by atoms with E-state index in [1.807, 2.05) is 0 Å². The van der Waals surface area contributed by atoms with Gasteiger partial charge in [-0.2, -0.15) is 0 Å². The van der Waals surface area contributed by atoms with Crippen molar-refractivity contribution in [3.63, 3.8) is 0 Å². The van der Waals surface area contributed by atoms with Gasteiger partial charge in [0.05, 0.1) is 6.10 Å². The van der Waals surface area contributed by atoms with Gasteiger partial charge in [0.25, 0.3) is 0 Å². The summed E-state index contributed by atoms with van der Waals surface area (Å²) < 4.78 is 0. The van der Waals surface area contributed by atoms with Crippen molar-refractivity contribution in [3.05, 3.63) is 11.6 Å². The molecule has 1 N–H and O–H groups in total. The molecule has 1 nitrogen and oxygen atoms in total. The number of hydrogen-bond donors (Lipinski definition) is 1. The number of allylic oxidation sites excluding steroid dienone is 1. The molecule has 33 heavy (non-hydrogen) atoms. The second-order valence-electron chi connectivity index (χ2n) is 14.3. The molecule has 1 heteroatoms. The number of hydrogen-bond acceptors (Lipinski definition) is 1. The zero-order valence-electron chi connectivity index (χ0n) is 23.0. The molecule has 0 amide bonds. The SMILES string of the molecule is CC(C)CCCC(CCCC(C)C)[C@H]1CC[C@H]2[C@@H]3CC=C4C[C@@H](O)CC[C@]4(C)[C@H]3CC[C@]12C. The van der Waals surface area contributed by atoms with E-state index >= 15 is 0 Å². The maximum absolute atomic E-state index is 10.3. The first kappa shape index (κ1) is 25.8. The molecular formula is C32H56O. The Morgan fingerprint density at radius 1 is 0.848 bits per heavy atom. The molecule has 0 radical (unpaired) electrons. The molecule has 0 aromatic heterocycles. The maximum atomic E-state index is 10.3. The lowest BCUT2D eigenvalue weighted by Gasteiger charge is -2.58. The van der Waals surface area contributed by atoms with Crippen LogP contribution < -0.4 is 0 Å². The predicted octanol–water partition coefficient (Wildman–Crippen LogP) is 9.20. The minimum Gasteiger partial charge on any atom is -0.393 e. The van der Waals surface area contributed by atoms with E-state index < -0.39 is 0 Å². The molecule has 3 fully saturated rings. The van der Waals surface area contributed by atoms with Crippen LogP contribution in [-0.2, 0) is 0 Å². The lowest BCUT2D eigenvalue weighted by Crippen LogP contribution is -2.51. The Hall–Kier alpha value is -0.300. The zero-order chi connectivity index (χ0) is 23.8. The Bertz CT molecular complexity index is 662. The van der Waals surface area contributed by atoms with Crippen molar-refractivity contribution in [2.45, 2.75) is 138 Å². The molecule has 190 valence electrons. The molecule has 0 aromatic rings. The highest BCUT2D eigenvalue weighted by Crippen LogP contribution is 2.67. The fourth-order valence-corrected chi connectivity index (χ4v) is 9.58. The second-order valence-corrected chi connectivity index (χ2v) is 14.3. The molecule has 0 aliphatic heterocycles. The minimum atomic E-state index is -0.0805. The third-order valence-corrected chi connectivity index (χ3v) is 11.4. The normalized spacial score (nSPS) is 40.7. The first-order chi connectivity index (χ1) is 15.6. The number of aliphatic hydroxyl groups excluding tert-OH is 1. The molecular weight excluding hydrogens is 400 g/mol. The highest BCUT2D eigenvalue weighted by molar-refractivity contribution is 5.25. The molecule has 0 heterocycles. The topological polar surface area (TPSA) is 20.2 Å². The van der Waals surface area contributed by atoms with Crippen molar-refractivity contribution in [1.82, 2.24) is 0 Å². The largest absolute Gasteiger partial charge is 0.393 e. The van der Waals surface area contributed by atoms with Crippen LogP contribution >= 0.6 is 0 Å². The predicted molar refractivity (Wildman–Crippen MR) is 142 cm³/mol. The summed E-state index contributed by atoms with van der Waals surface area (Å²) in [7, 11) is 0. The third kappa shape index (κ3) is 5.15. The molecule has 4 aliphatic carbocycles. The Kier molecular flexibility index (Phi) is 8.09. The molecule has 0 unspecified atom stereocenters. The molecule has 0 spiro atoms. The van der Waals surface area contributed by atoms with Crippen LogP contribution in [0, 0.1) is 52.3 Å². The van der Waals surface area contributed by atoms with Gasteiger partial charge >= 0.3 is 0 Å². The van der Waals surface area contributed by atoms with Crippen LogP contribution in [0.2, 0.25) is 0 Å². The lowest BCUT2D eigenvalue weighted by molar-refractivity contribution is -0.0593. The van der Waals surface area contributed by atoms with Gasteiger partial charge in [0.2, 0.25) is 0 Å². The van der Waals surface area contributed by atoms with Gasteiger partial charge in [-0.3, -0.25) is 0 Å². The summed E-state index contributed by atoms with van der Waals surface area (Å²) in [6.07, 6.45) is 21.6. The van der Waals surface area contributed by atoms with E-state index in [9.17, 15) is 5.11 Å². The van der Waals surface area contributed by atoms with E-state index in [2.05, 4.69) is 47.6 Å². The van der Waals surface area contributed by atoms with Crippen molar-refractivity contribution < 1.29 is 5.11 Å². The van der Waals surface area contributed by atoms with Crippen LogP contribution in [0.5, 0.6) is 0 Å². The minimum absolute atomic E-state index is 0.0805. The Balaban J connectivity index is 1.50. The third-order valence-electron chi connectivity index (χ3n) is 11.4. The number of rotatable bonds is 9. The van der Waals surface area contributed by atoms with Crippen molar-refractivity contribution in [3.8, 4) is 0 Å². The highest BCUT2D eigenvalue weighted by Gasteiger charge is 2.59. The smallest absolute Gasteiger partial charge is 0.0577 e. The summed E-state index contributed by atoms with van der Waals surface area (Å²) in [5.41, 5.74) is 2.59. The van der Waals surface area contributed by atoms with Gasteiger partial charge in [-0.15, -0.1) is 0 Å². The van der Waals surface area contributed by atoms with Gasteiger partial charge in [0, 0.05) is 0 Å². The van der Waals surface area contributed by atoms with Crippen LogP contribution in [0.15, 0.2) is 11.6 Å². The molecule has 4 rings (SSSR count). The summed E-state index contributed by atoms with van der Waals surface area (Å²) in [5.74, 6) is 6.36. The average molecular weight is 457 g/mol. The van der Waals surface area contributed by atoms with Crippen molar-refractivity contribution >= 4 is 0 Å². The summed E-state index contributed by atoms with van der Waals surface area (Å²) in [5, 5.41) is 10.3. The molecule has 4 aliphatic rings. The first-order valence-electron chi connectivity index (χ1n) is 15.0. The van der Waals surface area contributed by atoms with E-state index in [1.165, 1.54) is 77.0 Å². The fourth-order valence-electron chi connectivity index (χ4n) is 9.58. The van der Waals surface area contributed by atoms with E-state index in [1.54, 1.807) is 5.57 Å². The van der Waals surface area contributed by atoms with Gasteiger partial charge in [-0.25, -0.2) is 0 Å². The lowest BCUT2D eigenvalue weighted by atomic mass is 9.47. The number of fused-ring (bicyclic) bond motifs is 5. The van der Waals surface area contributed by atoms with Gasteiger partial charge in [-0.05, 0) is 104 Å². The van der Waals surface area contributed by atoms with E-state index in [-0.39, 0.29) is 6.10 Å². The van der Waals surface area contributed by atoms with Crippen molar-refractivity contribution in [1.29, 1.82) is 0 Å². The monoisotopic (exact) mass is 456 g/mol. The molecule has 0 bridgehead atoms. The summed E-state index contributed by atoms with van der Waals surface area (Å²) in [6, 6.07) is 0. The Morgan fingerprint density at radius 2 is 1.52 bits per heavy atom. The average Bonchev–Trinajstić information content (AvgIpc) is 3.10. The maximum Gasteiger partial charge on any atom is 0.0577 e. The van der Waals surface area contributed by atoms with E-state index in [0.29, 0.717) is 10.8 Å². The van der Waals surface area contributed by atoms with Crippen molar-refractivity contribution in [2.24, 2.45) is 52.3 Å². The van der Waals surface area contributed by atoms with E-state index in [4.69, 9.17) is 0 Å². The molecule has 0 saturated heterocycles. The summed E-state index contributed by atoms with van der Waals surface area (Å²) in [6.45, 7) is 14.9. The molecule has 7 atom stereocenters. The van der Waals surface area contributed by atoms with Gasteiger partial charge in [0.1, 0.15) is 0 Å². The van der Waals surface area contributed by atoms with E-state index in [0.717, 1.165) is 54.3 Å². The standard InChI is InChI=1S/C32H56O/c1-22(2)9-7-11-24(12-8-10-23(3)4)28-15-16-29-27-14-13-25-21-26(33)17-19-31(25,5)30(27)18-20-32(28,29)6/h13,22-24,26-30,33H,7-12,14-21H2,1-6H3/t26-,27-,28+,29-,30-,31-,32+/m0/s1. The summed E-state index contributed by atoms with van der Waals surface area (Å²) >= 11 is 0. The van der Waals surface area contributed by atoms with Crippen LogP contribution in [-0.4, -0.2) is 11.2 Å². The zero-order valence-corrected chi connectivity index (χ0v) is 23.0. The highest BCUT2D eigenvalue weighted by atomic mass is 16.3. The summed E-state index contributed by atoms with van der Waals surface area (Å²) in [4.78, 5) is 0. The molecule has 3 saturated carbocycles. The Morgan fingerprint density at radius 3 is 2.15 bits per heavy atom. The van der Waals surface area contributed by atoms with Gasteiger partial charge in [0.15, 0.2) is 0 Å². The fraction of sp³-hybridized carbons (Fsp3) is 0.938. The quantitative estimate of drug-likeness (QED) is 0.343. The number of aliphatic hydroxyl groups is 1.